The number of unbranched alkanes of at least 4 members (excludes halogenated alkanes) is 3. The summed E-state index contributed by atoms with van der Waals surface area (Å²) in [6.45, 7) is 4.67. The van der Waals surface area contributed by atoms with Gasteiger partial charge in [-0.1, -0.05) is 38.8 Å². The molecule has 1 nitrogen and oxygen atoms in total. The van der Waals surface area contributed by atoms with Gasteiger partial charge in [0.1, 0.15) is 0 Å². The van der Waals surface area contributed by atoms with Crippen molar-refractivity contribution < 1.29 is 5.11 Å². The third kappa shape index (κ3) is 7.80. The minimum atomic E-state index is 0.306. The summed E-state index contributed by atoms with van der Waals surface area (Å²) in [4.78, 5) is 0. The van der Waals surface area contributed by atoms with E-state index in [1.807, 2.05) is 0 Å². The van der Waals surface area contributed by atoms with E-state index in [2.05, 4.69) is 26.0 Å². The zero-order valence-electron chi connectivity index (χ0n) is 8.42. The first-order valence-electron chi connectivity index (χ1n) is 5.08. The van der Waals surface area contributed by atoms with Gasteiger partial charge >= 0.3 is 0 Å². The molecule has 0 aliphatic carbocycles. The summed E-state index contributed by atoms with van der Waals surface area (Å²) < 4.78 is 0. The number of allylic oxidation sites excluding steroid dienone is 2. The lowest BCUT2D eigenvalue weighted by Crippen LogP contribution is -1.92. The molecule has 0 aromatic carbocycles. The van der Waals surface area contributed by atoms with E-state index >= 15 is 0 Å². The Bertz CT molecular complexity index is 108. The number of rotatable bonds is 7. The van der Waals surface area contributed by atoms with Gasteiger partial charge in [0.2, 0.25) is 0 Å². The number of aliphatic hydroxyl groups excluding tert-OH is 1. The Morgan fingerprint density at radius 3 is 2.67 bits per heavy atom. The Balaban J connectivity index is 3.22. The highest BCUT2D eigenvalue weighted by Crippen LogP contribution is 2.05. The summed E-state index contributed by atoms with van der Waals surface area (Å²) in [6, 6.07) is 0. The molecule has 0 fully saturated rings. The molecule has 0 radical (unpaired) electrons. The Labute approximate surface area is 76.5 Å². The van der Waals surface area contributed by atoms with Gasteiger partial charge in [-0.2, -0.15) is 0 Å². The van der Waals surface area contributed by atoms with Crippen molar-refractivity contribution in [3.8, 4) is 0 Å². The molecule has 1 unspecified atom stereocenters. The van der Waals surface area contributed by atoms with Crippen LogP contribution in [0.3, 0.4) is 0 Å². The van der Waals surface area contributed by atoms with E-state index < -0.39 is 0 Å². The maximum atomic E-state index is 8.64. The molecule has 0 aromatic rings. The van der Waals surface area contributed by atoms with Crippen molar-refractivity contribution in [2.75, 3.05) is 6.61 Å². The second-order valence-electron chi connectivity index (χ2n) is 3.41. The molecular weight excluding hydrogens is 148 g/mol. The van der Waals surface area contributed by atoms with Crippen LogP contribution < -0.4 is 0 Å². The van der Waals surface area contributed by atoms with Gasteiger partial charge in [-0.05, 0) is 25.2 Å². The van der Waals surface area contributed by atoms with Crippen molar-refractivity contribution >= 4 is 0 Å². The summed E-state index contributed by atoms with van der Waals surface area (Å²) in [6.07, 6.45) is 10.5. The van der Waals surface area contributed by atoms with Crippen molar-refractivity contribution in [3.05, 3.63) is 12.2 Å². The van der Waals surface area contributed by atoms with Crippen LogP contribution >= 0.6 is 0 Å². The van der Waals surface area contributed by atoms with Crippen LogP contribution in [-0.4, -0.2) is 11.7 Å². The highest BCUT2D eigenvalue weighted by Gasteiger charge is 1.93. The predicted molar refractivity (Wildman–Crippen MR) is 54.1 cm³/mol. The summed E-state index contributed by atoms with van der Waals surface area (Å²) in [5.41, 5.74) is 0. The third-order valence-corrected chi connectivity index (χ3v) is 2.02. The fraction of sp³-hybridized carbons (Fsp3) is 0.818. The topological polar surface area (TPSA) is 20.2 Å². The minimum Gasteiger partial charge on any atom is -0.396 e. The first-order chi connectivity index (χ1) is 5.81. The monoisotopic (exact) mass is 170 g/mol. The van der Waals surface area contributed by atoms with Crippen LogP contribution in [0.25, 0.3) is 0 Å². The molecule has 0 aliphatic heterocycles. The summed E-state index contributed by atoms with van der Waals surface area (Å²) >= 11 is 0. The SMILES string of the molecule is CCCCCC=CC(C)CCO. The molecule has 0 bridgehead atoms. The van der Waals surface area contributed by atoms with Crippen molar-refractivity contribution in [2.45, 2.75) is 46.0 Å². The molecule has 72 valence electrons. The van der Waals surface area contributed by atoms with Crippen molar-refractivity contribution in [2.24, 2.45) is 5.92 Å². The van der Waals surface area contributed by atoms with E-state index in [0.29, 0.717) is 12.5 Å². The molecule has 0 saturated carbocycles. The molecule has 0 saturated heterocycles. The highest BCUT2D eigenvalue weighted by molar-refractivity contribution is 4.85. The lowest BCUT2D eigenvalue weighted by Gasteiger charge is -2.01. The van der Waals surface area contributed by atoms with Gasteiger partial charge in [0.25, 0.3) is 0 Å². The van der Waals surface area contributed by atoms with Crippen molar-refractivity contribution in [1.82, 2.24) is 0 Å². The van der Waals surface area contributed by atoms with Crippen LogP contribution in [-0.2, 0) is 0 Å². The average molecular weight is 170 g/mol. The third-order valence-electron chi connectivity index (χ3n) is 2.02. The van der Waals surface area contributed by atoms with E-state index in [9.17, 15) is 0 Å². The molecule has 1 atom stereocenters. The Kier molecular flexibility index (Phi) is 8.57. The molecule has 0 heterocycles. The zero-order chi connectivity index (χ0) is 9.23. The fourth-order valence-electron chi connectivity index (χ4n) is 1.14. The van der Waals surface area contributed by atoms with Crippen LogP contribution in [0.2, 0.25) is 0 Å². The predicted octanol–water partition coefficient (Wildman–Crippen LogP) is 3.14. The number of aliphatic hydroxyl groups is 1. The average Bonchev–Trinajstić information content (AvgIpc) is 2.05. The maximum Gasteiger partial charge on any atom is 0.0436 e. The lowest BCUT2D eigenvalue weighted by molar-refractivity contribution is 0.274. The van der Waals surface area contributed by atoms with Gasteiger partial charge in [0.05, 0.1) is 0 Å². The summed E-state index contributed by atoms with van der Waals surface area (Å²) in [7, 11) is 0. The Hall–Kier alpha value is -0.300. The molecule has 0 spiro atoms. The minimum absolute atomic E-state index is 0.306. The molecule has 0 rings (SSSR count). The highest BCUT2D eigenvalue weighted by atomic mass is 16.2. The van der Waals surface area contributed by atoms with Crippen LogP contribution in [0.4, 0.5) is 0 Å². The second kappa shape index (κ2) is 8.79. The van der Waals surface area contributed by atoms with Gasteiger partial charge < -0.3 is 5.11 Å². The first kappa shape index (κ1) is 11.7. The van der Waals surface area contributed by atoms with Gasteiger partial charge in [-0.25, -0.2) is 0 Å². The van der Waals surface area contributed by atoms with E-state index in [1.54, 1.807) is 0 Å². The standard InChI is InChI=1S/C11H22O/c1-3-4-5-6-7-8-11(2)9-10-12/h7-8,11-12H,3-6,9-10H2,1-2H3. The lowest BCUT2D eigenvalue weighted by atomic mass is 10.1. The largest absolute Gasteiger partial charge is 0.396 e. The van der Waals surface area contributed by atoms with E-state index in [0.717, 1.165) is 6.42 Å². The first-order valence-corrected chi connectivity index (χ1v) is 5.08. The Morgan fingerprint density at radius 2 is 2.08 bits per heavy atom. The molecule has 1 N–H and O–H groups in total. The molecule has 0 aliphatic rings. The van der Waals surface area contributed by atoms with Gasteiger partial charge in [0.15, 0.2) is 0 Å². The molecule has 1 heteroatoms. The van der Waals surface area contributed by atoms with E-state index in [-0.39, 0.29) is 0 Å². The van der Waals surface area contributed by atoms with Gasteiger partial charge in [-0.3, -0.25) is 0 Å². The summed E-state index contributed by atoms with van der Waals surface area (Å²) in [5, 5.41) is 8.64. The normalized spacial score (nSPS) is 13.9. The van der Waals surface area contributed by atoms with Crippen LogP contribution in [0, 0.1) is 5.92 Å². The van der Waals surface area contributed by atoms with Crippen molar-refractivity contribution in [3.63, 3.8) is 0 Å². The van der Waals surface area contributed by atoms with E-state index in [1.165, 1.54) is 25.7 Å². The van der Waals surface area contributed by atoms with Crippen LogP contribution in [0.15, 0.2) is 12.2 Å². The molecule has 12 heavy (non-hydrogen) atoms. The van der Waals surface area contributed by atoms with Gasteiger partial charge in [-0.15, -0.1) is 0 Å². The maximum absolute atomic E-state index is 8.64. The number of hydrogen-bond acceptors (Lipinski definition) is 1. The molecule has 0 amide bonds. The zero-order valence-corrected chi connectivity index (χ0v) is 8.42. The second-order valence-corrected chi connectivity index (χ2v) is 3.41. The quantitative estimate of drug-likeness (QED) is 0.459. The van der Waals surface area contributed by atoms with E-state index in [4.69, 9.17) is 5.11 Å². The molecule has 0 aromatic heterocycles. The van der Waals surface area contributed by atoms with Crippen molar-refractivity contribution in [1.29, 1.82) is 0 Å². The van der Waals surface area contributed by atoms with Crippen LogP contribution in [0.5, 0.6) is 0 Å². The smallest absolute Gasteiger partial charge is 0.0436 e. The Morgan fingerprint density at radius 1 is 1.33 bits per heavy atom. The molecular formula is C11H22O. The van der Waals surface area contributed by atoms with Gasteiger partial charge in [0, 0.05) is 6.61 Å². The fourth-order valence-corrected chi connectivity index (χ4v) is 1.14. The summed E-state index contributed by atoms with van der Waals surface area (Å²) in [5.74, 6) is 0.539. The number of hydrogen-bond donors (Lipinski definition) is 1. The van der Waals surface area contributed by atoms with Crippen LogP contribution in [0.1, 0.15) is 46.0 Å².